The van der Waals surface area contributed by atoms with E-state index >= 15 is 0 Å². The Labute approximate surface area is 352 Å². The first kappa shape index (κ1) is 42.5. The van der Waals surface area contributed by atoms with Crippen LogP contribution in [0.5, 0.6) is 0 Å². The summed E-state index contributed by atoms with van der Waals surface area (Å²) in [5, 5.41) is 0. The van der Waals surface area contributed by atoms with Gasteiger partial charge in [0.1, 0.15) is 0 Å². The standard InChI is InChI=1S/C56H68N2/c1-7-11-15-19-47-25-35-53(36-26-47)57(51-31-21-45(22-32-51)17-13-9-3)55-39-29-49(41-43(55)5)50-30-40-56(44(6)42-50)58(52-33-23-46(24-34-52)18-14-10-4)54-37-27-48(28-38-54)20-16-12-8-2/h21-42H,7-20H2,1-6H3. The van der Waals surface area contributed by atoms with Crippen molar-refractivity contribution in [1.82, 2.24) is 0 Å². The second kappa shape index (κ2) is 21.6. The molecule has 0 unspecified atom stereocenters. The quantitative estimate of drug-likeness (QED) is 0.0673. The van der Waals surface area contributed by atoms with E-state index in [-0.39, 0.29) is 0 Å². The van der Waals surface area contributed by atoms with Crippen molar-refractivity contribution in [2.24, 2.45) is 0 Å². The van der Waals surface area contributed by atoms with Crippen molar-refractivity contribution < 1.29 is 0 Å². The Morgan fingerprint density at radius 2 is 0.586 bits per heavy atom. The lowest BCUT2D eigenvalue weighted by atomic mass is 9.98. The fourth-order valence-corrected chi connectivity index (χ4v) is 8.19. The zero-order valence-corrected chi connectivity index (χ0v) is 36.5. The second-order valence-electron chi connectivity index (χ2n) is 16.5. The average Bonchev–Trinajstić information content (AvgIpc) is 3.25. The average molecular weight is 769 g/mol. The third kappa shape index (κ3) is 11.1. The van der Waals surface area contributed by atoms with Gasteiger partial charge in [-0.15, -0.1) is 0 Å². The molecule has 6 rings (SSSR count). The molecule has 0 saturated heterocycles. The van der Waals surface area contributed by atoms with E-state index in [2.05, 4.69) is 185 Å². The molecule has 6 aromatic rings. The molecule has 2 nitrogen and oxygen atoms in total. The van der Waals surface area contributed by atoms with Crippen molar-refractivity contribution in [1.29, 1.82) is 0 Å². The molecule has 0 amide bonds. The van der Waals surface area contributed by atoms with E-state index in [4.69, 9.17) is 0 Å². The van der Waals surface area contributed by atoms with Gasteiger partial charge in [-0.05, 0) is 183 Å². The minimum Gasteiger partial charge on any atom is -0.310 e. The Morgan fingerprint density at radius 3 is 0.845 bits per heavy atom. The van der Waals surface area contributed by atoms with Crippen LogP contribution in [0.1, 0.15) is 125 Å². The highest BCUT2D eigenvalue weighted by molar-refractivity contribution is 5.83. The third-order valence-corrected chi connectivity index (χ3v) is 11.8. The maximum absolute atomic E-state index is 2.44. The van der Waals surface area contributed by atoms with Crippen LogP contribution in [0.25, 0.3) is 11.1 Å². The Kier molecular flexibility index (Phi) is 15.8. The Balaban J connectivity index is 1.32. The Hall–Kier alpha value is -5.08. The Morgan fingerprint density at radius 1 is 0.310 bits per heavy atom. The molecule has 0 atom stereocenters. The molecule has 0 N–H and O–H groups in total. The zero-order chi connectivity index (χ0) is 40.7. The lowest BCUT2D eigenvalue weighted by molar-refractivity contribution is 0.717. The fourth-order valence-electron chi connectivity index (χ4n) is 8.19. The van der Waals surface area contributed by atoms with Crippen molar-refractivity contribution >= 4 is 34.1 Å². The van der Waals surface area contributed by atoms with E-state index in [1.54, 1.807) is 0 Å². The molecule has 2 heteroatoms. The monoisotopic (exact) mass is 769 g/mol. The van der Waals surface area contributed by atoms with Crippen LogP contribution in [0.15, 0.2) is 133 Å². The molecule has 0 radical (unpaired) electrons. The van der Waals surface area contributed by atoms with Gasteiger partial charge in [-0.1, -0.05) is 127 Å². The maximum Gasteiger partial charge on any atom is 0.0491 e. The molecule has 0 heterocycles. The van der Waals surface area contributed by atoms with E-state index in [0.717, 1.165) is 25.7 Å². The molecule has 58 heavy (non-hydrogen) atoms. The summed E-state index contributed by atoms with van der Waals surface area (Å²) in [4.78, 5) is 4.88. The van der Waals surface area contributed by atoms with Crippen LogP contribution in [-0.2, 0) is 25.7 Å². The molecule has 0 bridgehead atoms. The minimum absolute atomic E-state index is 1.13. The molecule has 6 aromatic carbocycles. The van der Waals surface area contributed by atoms with Gasteiger partial charge in [0.25, 0.3) is 0 Å². The number of hydrogen-bond donors (Lipinski definition) is 0. The largest absolute Gasteiger partial charge is 0.310 e. The lowest BCUT2D eigenvalue weighted by Crippen LogP contribution is -2.12. The molecule has 0 spiro atoms. The number of nitrogens with zero attached hydrogens (tertiary/aromatic N) is 2. The molecule has 0 saturated carbocycles. The zero-order valence-electron chi connectivity index (χ0n) is 36.5. The van der Waals surface area contributed by atoms with Gasteiger partial charge in [0.15, 0.2) is 0 Å². The summed E-state index contributed by atoms with van der Waals surface area (Å²) in [6.07, 6.45) is 17.0. The smallest absolute Gasteiger partial charge is 0.0491 e. The number of benzene rings is 6. The van der Waals surface area contributed by atoms with Gasteiger partial charge in [0.2, 0.25) is 0 Å². The van der Waals surface area contributed by atoms with Gasteiger partial charge in [-0.25, -0.2) is 0 Å². The first-order valence-corrected chi connectivity index (χ1v) is 22.6. The van der Waals surface area contributed by atoms with Gasteiger partial charge >= 0.3 is 0 Å². The SMILES string of the molecule is CCCCCc1ccc(N(c2ccc(CCCC)cc2)c2ccc(-c3ccc(N(c4ccc(CCCC)cc4)c4ccc(CCCCC)cc4)c(C)c3)cc2C)cc1. The number of unbranched alkanes of at least 4 members (excludes halogenated alkanes) is 6. The first-order chi connectivity index (χ1) is 28.4. The van der Waals surface area contributed by atoms with Crippen LogP contribution in [0.2, 0.25) is 0 Å². The normalized spacial score (nSPS) is 11.2. The molecular formula is C56H68N2. The van der Waals surface area contributed by atoms with Crippen molar-refractivity contribution in [3.8, 4) is 11.1 Å². The van der Waals surface area contributed by atoms with E-state index in [1.165, 1.54) is 143 Å². The molecular weight excluding hydrogens is 701 g/mol. The van der Waals surface area contributed by atoms with Crippen LogP contribution in [-0.4, -0.2) is 0 Å². The highest BCUT2D eigenvalue weighted by Gasteiger charge is 2.18. The molecule has 0 fully saturated rings. The molecule has 0 aliphatic rings. The van der Waals surface area contributed by atoms with Gasteiger partial charge in [0, 0.05) is 34.1 Å². The molecule has 0 aliphatic heterocycles. The second-order valence-corrected chi connectivity index (χ2v) is 16.5. The Bertz CT molecular complexity index is 1970. The topological polar surface area (TPSA) is 6.48 Å². The predicted octanol–water partition coefficient (Wildman–Crippen LogP) is 17.1. The molecule has 0 aliphatic carbocycles. The van der Waals surface area contributed by atoms with Crippen molar-refractivity contribution in [2.75, 3.05) is 9.80 Å². The highest BCUT2D eigenvalue weighted by Crippen LogP contribution is 2.41. The van der Waals surface area contributed by atoms with Crippen molar-refractivity contribution in [2.45, 2.75) is 131 Å². The summed E-state index contributed by atoms with van der Waals surface area (Å²) in [7, 11) is 0. The summed E-state index contributed by atoms with van der Waals surface area (Å²) in [5.41, 5.74) is 17.8. The predicted molar refractivity (Wildman–Crippen MR) is 254 cm³/mol. The maximum atomic E-state index is 2.44. The van der Waals surface area contributed by atoms with Crippen LogP contribution >= 0.6 is 0 Å². The van der Waals surface area contributed by atoms with E-state index in [1.807, 2.05) is 0 Å². The van der Waals surface area contributed by atoms with E-state index < -0.39 is 0 Å². The van der Waals surface area contributed by atoms with Crippen LogP contribution < -0.4 is 9.80 Å². The highest BCUT2D eigenvalue weighted by atomic mass is 15.1. The van der Waals surface area contributed by atoms with Gasteiger partial charge in [0.05, 0.1) is 0 Å². The summed E-state index contributed by atoms with van der Waals surface area (Å²) in [6, 6.07) is 51.0. The summed E-state index contributed by atoms with van der Waals surface area (Å²) in [5.74, 6) is 0. The summed E-state index contributed by atoms with van der Waals surface area (Å²) >= 11 is 0. The van der Waals surface area contributed by atoms with Crippen molar-refractivity contribution in [3.05, 3.63) is 167 Å². The lowest BCUT2D eigenvalue weighted by Gasteiger charge is -2.28. The number of hydrogen-bond acceptors (Lipinski definition) is 2. The van der Waals surface area contributed by atoms with Crippen LogP contribution in [0.4, 0.5) is 34.1 Å². The minimum atomic E-state index is 1.13. The number of rotatable bonds is 21. The van der Waals surface area contributed by atoms with E-state index in [0.29, 0.717) is 0 Å². The number of aryl methyl sites for hydroxylation is 6. The number of anilines is 6. The van der Waals surface area contributed by atoms with Gasteiger partial charge in [-0.2, -0.15) is 0 Å². The van der Waals surface area contributed by atoms with Crippen LogP contribution in [0.3, 0.4) is 0 Å². The summed E-state index contributed by atoms with van der Waals surface area (Å²) in [6.45, 7) is 13.6. The summed E-state index contributed by atoms with van der Waals surface area (Å²) < 4.78 is 0. The fraction of sp³-hybridized carbons (Fsp3) is 0.357. The van der Waals surface area contributed by atoms with Gasteiger partial charge < -0.3 is 9.80 Å². The third-order valence-electron chi connectivity index (χ3n) is 11.8. The molecule has 302 valence electrons. The van der Waals surface area contributed by atoms with Gasteiger partial charge in [-0.3, -0.25) is 0 Å². The first-order valence-electron chi connectivity index (χ1n) is 22.6. The molecule has 0 aromatic heterocycles. The van der Waals surface area contributed by atoms with Crippen molar-refractivity contribution in [3.63, 3.8) is 0 Å². The van der Waals surface area contributed by atoms with Crippen LogP contribution in [0, 0.1) is 13.8 Å². The van der Waals surface area contributed by atoms with E-state index in [9.17, 15) is 0 Å².